The molecular weight excluding hydrogens is 218 g/mol. The molecule has 1 aromatic heterocycles. The minimum absolute atomic E-state index is 0.0843. The predicted molar refractivity (Wildman–Crippen MR) is 51.6 cm³/mol. The number of aromatic amines is 1. The summed E-state index contributed by atoms with van der Waals surface area (Å²) in [6.45, 7) is 0. The van der Waals surface area contributed by atoms with Crippen molar-refractivity contribution in [2.24, 2.45) is 0 Å². The second-order valence-electron chi connectivity index (χ2n) is 2.55. The lowest BCUT2D eigenvalue weighted by Crippen LogP contribution is -1.86. The first-order chi connectivity index (χ1) is 5.77. The smallest absolute Gasteiger partial charge is 0.228 e. The molecule has 2 rings (SSSR count). The van der Waals surface area contributed by atoms with Crippen LogP contribution in [0.1, 0.15) is 10.4 Å². The van der Waals surface area contributed by atoms with Gasteiger partial charge in [-0.15, -0.1) is 0 Å². The molecule has 60 valence electrons. The average molecular weight is 224 g/mol. The highest BCUT2D eigenvalue weighted by atomic mass is 79.9. The molecule has 0 radical (unpaired) electrons. The van der Waals surface area contributed by atoms with Gasteiger partial charge in [-0.25, -0.2) is 0 Å². The van der Waals surface area contributed by atoms with E-state index in [1.807, 2.05) is 24.4 Å². The Hall–Kier alpha value is -1.09. The summed E-state index contributed by atoms with van der Waals surface area (Å²) in [6, 6.07) is 7.51. The first-order valence-corrected chi connectivity index (χ1v) is 4.33. The topological polar surface area (TPSA) is 32.9 Å². The van der Waals surface area contributed by atoms with Crippen LogP contribution in [0.2, 0.25) is 0 Å². The van der Waals surface area contributed by atoms with Crippen LogP contribution in [-0.4, -0.2) is 9.68 Å². The monoisotopic (exact) mass is 223 g/mol. The molecule has 0 bridgehead atoms. The third-order valence-corrected chi connectivity index (χ3v) is 2.24. The summed E-state index contributed by atoms with van der Waals surface area (Å²) >= 11 is 2.90. The van der Waals surface area contributed by atoms with Crippen LogP contribution >= 0.6 is 15.9 Å². The molecule has 0 aliphatic carbocycles. The maximum atomic E-state index is 10.9. The Bertz CT molecular complexity index is 433. The van der Waals surface area contributed by atoms with Crippen molar-refractivity contribution in [3.63, 3.8) is 0 Å². The number of nitrogens with one attached hydrogen (secondary N) is 1. The maximum Gasteiger partial charge on any atom is 0.228 e. The SMILES string of the molecule is O=C(Br)c1ccc2cc[nH]c2c1. The quantitative estimate of drug-likeness (QED) is 0.742. The highest BCUT2D eigenvalue weighted by molar-refractivity contribution is 9.18. The van der Waals surface area contributed by atoms with E-state index in [9.17, 15) is 4.79 Å². The molecule has 0 unspecified atom stereocenters. The van der Waals surface area contributed by atoms with Gasteiger partial charge in [0, 0.05) is 17.3 Å². The van der Waals surface area contributed by atoms with Gasteiger partial charge in [0.2, 0.25) is 4.69 Å². The first-order valence-electron chi connectivity index (χ1n) is 3.54. The summed E-state index contributed by atoms with van der Waals surface area (Å²) < 4.78 is -0.0843. The van der Waals surface area contributed by atoms with E-state index in [0.29, 0.717) is 5.56 Å². The summed E-state index contributed by atoms with van der Waals surface area (Å²) in [5, 5.41) is 1.12. The van der Waals surface area contributed by atoms with E-state index in [0.717, 1.165) is 10.9 Å². The Morgan fingerprint density at radius 2 is 2.17 bits per heavy atom. The zero-order valence-corrected chi connectivity index (χ0v) is 7.76. The van der Waals surface area contributed by atoms with E-state index in [1.165, 1.54) is 0 Å². The molecule has 0 saturated carbocycles. The van der Waals surface area contributed by atoms with Gasteiger partial charge in [-0.05, 0) is 39.5 Å². The maximum absolute atomic E-state index is 10.9. The number of aromatic nitrogens is 1. The van der Waals surface area contributed by atoms with Gasteiger partial charge in [0.05, 0.1) is 0 Å². The molecule has 2 aromatic rings. The van der Waals surface area contributed by atoms with Crippen molar-refractivity contribution >= 4 is 31.5 Å². The summed E-state index contributed by atoms with van der Waals surface area (Å²) in [5.41, 5.74) is 1.66. The van der Waals surface area contributed by atoms with E-state index in [4.69, 9.17) is 0 Å². The molecule has 0 spiro atoms. The van der Waals surface area contributed by atoms with Crippen molar-refractivity contribution in [2.45, 2.75) is 0 Å². The van der Waals surface area contributed by atoms with Gasteiger partial charge < -0.3 is 4.98 Å². The fraction of sp³-hybridized carbons (Fsp3) is 0. The number of H-pyrrole nitrogens is 1. The zero-order chi connectivity index (χ0) is 8.55. The van der Waals surface area contributed by atoms with Gasteiger partial charge in [0.15, 0.2) is 0 Å². The van der Waals surface area contributed by atoms with Crippen LogP contribution in [0.15, 0.2) is 30.5 Å². The number of rotatable bonds is 1. The molecule has 1 aromatic carbocycles. The summed E-state index contributed by atoms with van der Waals surface area (Å²) in [5.74, 6) is 0. The molecule has 1 heterocycles. The van der Waals surface area contributed by atoms with Gasteiger partial charge in [-0.2, -0.15) is 0 Å². The number of hydrogen-bond donors (Lipinski definition) is 1. The lowest BCUT2D eigenvalue weighted by Gasteiger charge is -1.93. The molecule has 0 fully saturated rings. The lowest BCUT2D eigenvalue weighted by atomic mass is 10.2. The van der Waals surface area contributed by atoms with Crippen molar-refractivity contribution < 1.29 is 4.79 Å². The molecule has 12 heavy (non-hydrogen) atoms. The first kappa shape index (κ1) is 7.55. The largest absolute Gasteiger partial charge is 0.361 e. The van der Waals surface area contributed by atoms with Crippen LogP contribution in [0.4, 0.5) is 0 Å². The van der Waals surface area contributed by atoms with E-state index >= 15 is 0 Å². The van der Waals surface area contributed by atoms with Crippen molar-refractivity contribution in [2.75, 3.05) is 0 Å². The van der Waals surface area contributed by atoms with Crippen LogP contribution in [0.5, 0.6) is 0 Å². The number of fused-ring (bicyclic) bond motifs is 1. The fourth-order valence-electron chi connectivity index (χ4n) is 1.17. The van der Waals surface area contributed by atoms with E-state index in [-0.39, 0.29) is 4.69 Å². The molecule has 0 atom stereocenters. The van der Waals surface area contributed by atoms with Gasteiger partial charge in [0.25, 0.3) is 0 Å². The number of benzene rings is 1. The molecule has 0 saturated heterocycles. The summed E-state index contributed by atoms with van der Waals surface area (Å²) in [6.07, 6.45) is 1.85. The standard InChI is InChI=1S/C9H6BrNO/c10-9(12)7-2-1-6-3-4-11-8(6)5-7/h1-5,11H. The highest BCUT2D eigenvalue weighted by Gasteiger charge is 2.01. The minimum atomic E-state index is -0.0843. The molecular formula is C9H6BrNO. The van der Waals surface area contributed by atoms with Crippen molar-refractivity contribution in [1.29, 1.82) is 0 Å². The Balaban J connectivity index is 2.68. The van der Waals surface area contributed by atoms with Gasteiger partial charge >= 0.3 is 0 Å². The zero-order valence-electron chi connectivity index (χ0n) is 6.17. The summed E-state index contributed by atoms with van der Waals surface area (Å²) in [4.78, 5) is 14.0. The molecule has 0 amide bonds. The van der Waals surface area contributed by atoms with Crippen LogP contribution in [0.25, 0.3) is 10.9 Å². The van der Waals surface area contributed by atoms with E-state index in [1.54, 1.807) is 6.07 Å². The van der Waals surface area contributed by atoms with E-state index in [2.05, 4.69) is 20.9 Å². The van der Waals surface area contributed by atoms with Gasteiger partial charge in [-0.1, -0.05) is 6.07 Å². The third-order valence-electron chi connectivity index (χ3n) is 1.78. The Labute approximate surface area is 77.7 Å². The van der Waals surface area contributed by atoms with Crippen LogP contribution < -0.4 is 0 Å². The van der Waals surface area contributed by atoms with Gasteiger partial charge in [0.1, 0.15) is 0 Å². The molecule has 3 heteroatoms. The van der Waals surface area contributed by atoms with Gasteiger partial charge in [-0.3, -0.25) is 4.79 Å². The predicted octanol–water partition coefficient (Wildman–Crippen LogP) is 2.70. The molecule has 1 N–H and O–H groups in total. The Morgan fingerprint density at radius 3 is 2.92 bits per heavy atom. The van der Waals surface area contributed by atoms with Crippen molar-refractivity contribution in [1.82, 2.24) is 4.98 Å². The summed E-state index contributed by atoms with van der Waals surface area (Å²) in [7, 11) is 0. The lowest BCUT2D eigenvalue weighted by molar-refractivity contribution is 0.109. The number of hydrogen-bond acceptors (Lipinski definition) is 1. The average Bonchev–Trinajstić information content (AvgIpc) is 2.49. The number of carbonyl (C=O) groups excluding carboxylic acids is 1. The molecule has 2 nitrogen and oxygen atoms in total. The van der Waals surface area contributed by atoms with Crippen LogP contribution in [0, 0.1) is 0 Å². The normalized spacial score (nSPS) is 10.4. The van der Waals surface area contributed by atoms with Crippen molar-refractivity contribution in [3.05, 3.63) is 36.0 Å². The second kappa shape index (κ2) is 2.75. The number of carbonyl (C=O) groups is 1. The molecule has 0 aliphatic rings. The van der Waals surface area contributed by atoms with E-state index < -0.39 is 0 Å². The second-order valence-corrected chi connectivity index (χ2v) is 3.27. The molecule has 0 aliphatic heterocycles. The highest BCUT2D eigenvalue weighted by Crippen LogP contribution is 2.15. The van der Waals surface area contributed by atoms with Crippen molar-refractivity contribution in [3.8, 4) is 0 Å². The fourth-order valence-corrected chi connectivity index (χ4v) is 1.42. The third kappa shape index (κ3) is 1.16. The Kier molecular flexibility index (Phi) is 1.73. The Morgan fingerprint density at radius 1 is 1.33 bits per heavy atom. The number of halogens is 1. The van der Waals surface area contributed by atoms with Crippen LogP contribution in [0.3, 0.4) is 0 Å². The van der Waals surface area contributed by atoms with Crippen LogP contribution in [-0.2, 0) is 0 Å². The minimum Gasteiger partial charge on any atom is -0.361 e.